The van der Waals surface area contributed by atoms with Crippen LogP contribution in [0.5, 0.6) is 0 Å². The highest BCUT2D eigenvalue weighted by Gasteiger charge is 2.20. The lowest BCUT2D eigenvalue weighted by molar-refractivity contribution is 0.456. The third-order valence-corrected chi connectivity index (χ3v) is 3.24. The maximum absolute atomic E-state index is 8.23. The number of rotatable bonds is 2. The summed E-state index contributed by atoms with van der Waals surface area (Å²) in [4.78, 5) is 0. The van der Waals surface area contributed by atoms with Crippen molar-refractivity contribution in [1.29, 1.82) is 5.41 Å². The van der Waals surface area contributed by atoms with E-state index in [1.54, 1.807) is 0 Å². The standard InChI is InChI=1S/C13H19N3/c1-9-2-3-11(12(14)8-9)13(15)10-4-6-16-7-5-10/h2-3,8,10,15-16H,4-7,14H2,1H3. The average molecular weight is 217 g/mol. The maximum atomic E-state index is 8.23. The molecule has 1 aliphatic rings. The monoisotopic (exact) mass is 217 g/mol. The van der Waals surface area contributed by atoms with Crippen molar-refractivity contribution in [3.63, 3.8) is 0 Å². The van der Waals surface area contributed by atoms with Gasteiger partial charge in [0.15, 0.2) is 0 Å². The van der Waals surface area contributed by atoms with Crippen LogP contribution in [0.2, 0.25) is 0 Å². The Bertz CT molecular complexity index is 392. The van der Waals surface area contributed by atoms with Gasteiger partial charge in [0.05, 0.1) is 0 Å². The first kappa shape index (κ1) is 11.1. The summed E-state index contributed by atoms with van der Waals surface area (Å²) in [6.07, 6.45) is 2.10. The van der Waals surface area contributed by atoms with Crippen molar-refractivity contribution < 1.29 is 0 Å². The van der Waals surface area contributed by atoms with Gasteiger partial charge in [-0.1, -0.05) is 12.1 Å². The van der Waals surface area contributed by atoms with Crippen LogP contribution in [0.4, 0.5) is 5.69 Å². The van der Waals surface area contributed by atoms with E-state index >= 15 is 0 Å². The van der Waals surface area contributed by atoms with Crippen molar-refractivity contribution >= 4 is 11.4 Å². The van der Waals surface area contributed by atoms with E-state index in [0.717, 1.165) is 42.7 Å². The Morgan fingerprint density at radius 2 is 2.06 bits per heavy atom. The molecule has 1 aliphatic heterocycles. The third-order valence-electron chi connectivity index (χ3n) is 3.24. The van der Waals surface area contributed by atoms with E-state index in [9.17, 15) is 0 Å². The quantitative estimate of drug-likeness (QED) is 0.523. The highest BCUT2D eigenvalue weighted by atomic mass is 14.9. The van der Waals surface area contributed by atoms with Gasteiger partial charge in [0.25, 0.3) is 0 Å². The fourth-order valence-corrected chi connectivity index (χ4v) is 2.26. The van der Waals surface area contributed by atoms with Gasteiger partial charge in [-0.2, -0.15) is 0 Å². The molecule has 0 aliphatic carbocycles. The molecule has 16 heavy (non-hydrogen) atoms. The highest BCUT2D eigenvalue weighted by molar-refractivity contribution is 6.04. The van der Waals surface area contributed by atoms with Gasteiger partial charge in [-0.25, -0.2) is 0 Å². The molecule has 0 unspecified atom stereocenters. The first-order valence-electron chi connectivity index (χ1n) is 5.84. The number of anilines is 1. The lowest BCUT2D eigenvalue weighted by Crippen LogP contribution is -2.32. The summed E-state index contributed by atoms with van der Waals surface area (Å²) in [6.45, 7) is 4.05. The minimum atomic E-state index is 0.367. The van der Waals surface area contributed by atoms with Crippen LogP contribution in [0, 0.1) is 18.3 Å². The van der Waals surface area contributed by atoms with Crippen LogP contribution in [0.15, 0.2) is 18.2 Å². The Balaban J connectivity index is 2.19. The second-order valence-corrected chi connectivity index (χ2v) is 4.53. The SMILES string of the molecule is Cc1ccc(C(=N)C2CCNCC2)c(N)c1. The molecule has 2 rings (SSSR count). The van der Waals surface area contributed by atoms with Crippen LogP contribution in [0.1, 0.15) is 24.0 Å². The molecule has 0 radical (unpaired) electrons. The van der Waals surface area contributed by atoms with Crippen LogP contribution in [0.3, 0.4) is 0 Å². The summed E-state index contributed by atoms with van der Waals surface area (Å²) < 4.78 is 0. The molecule has 4 N–H and O–H groups in total. The van der Waals surface area contributed by atoms with Gasteiger partial charge >= 0.3 is 0 Å². The molecule has 0 aromatic heterocycles. The van der Waals surface area contributed by atoms with Crippen LogP contribution in [-0.4, -0.2) is 18.8 Å². The van der Waals surface area contributed by atoms with Crippen molar-refractivity contribution in [3.8, 4) is 0 Å². The van der Waals surface area contributed by atoms with E-state index in [1.807, 2.05) is 25.1 Å². The van der Waals surface area contributed by atoms with E-state index < -0.39 is 0 Å². The van der Waals surface area contributed by atoms with Crippen LogP contribution in [0.25, 0.3) is 0 Å². The number of aryl methyl sites for hydroxylation is 1. The number of nitrogens with two attached hydrogens (primary N) is 1. The third kappa shape index (κ3) is 2.25. The second kappa shape index (κ2) is 4.66. The van der Waals surface area contributed by atoms with E-state index in [1.165, 1.54) is 0 Å². The van der Waals surface area contributed by atoms with Gasteiger partial charge in [-0.3, -0.25) is 0 Å². The van der Waals surface area contributed by atoms with Crippen molar-refractivity contribution in [3.05, 3.63) is 29.3 Å². The minimum Gasteiger partial charge on any atom is -0.398 e. The smallest absolute Gasteiger partial charge is 0.0438 e. The maximum Gasteiger partial charge on any atom is 0.0438 e. The number of piperidine rings is 1. The van der Waals surface area contributed by atoms with Crippen LogP contribution >= 0.6 is 0 Å². The number of nitrogen functional groups attached to an aromatic ring is 1. The molecular formula is C13H19N3. The lowest BCUT2D eigenvalue weighted by atomic mass is 9.88. The lowest BCUT2D eigenvalue weighted by Gasteiger charge is -2.24. The zero-order valence-electron chi connectivity index (χ0n) is 9.72. The zero-order valence-corrected chi connectivity index (χ0v) is 9.72. The van der Waals surface area contributed by atoms with Crippen LogP contribution in [-0.2, 0) is 0 Å². The molecule has 86 valence electrons. The molecule has 1 aromatic carbocycles. The predicted molar refractivity (Wildman–Crippen MR) is 68.0 cm³/mol. The number of nitrogens with one attached hydrogen (secondary N) is 2. The van der Waals surface area contributed by atoms with E-state index in [4.69, 9.17) is 11.1 Å². The molecule has 1 fully saturated rings. The highest BCUT2D eigenvalue weighted by Crippen LogP contribution is 2.22. The van der Waals surface area contributed by atoms with Crippen molar-refractivity contribution in [2.24, 2.45) is 5.92 Å². The fourth-order valence-electron chi connectivity index (χ4n) is 2.26. The molecule has 1 saturated heterocycles. The van der Waals surface area contributed by atoms with Gasteiger partial charge < -0.3 is 16.5 Å². The molecule has 0 atom stereocenters. The molecule has 1 heterocycles. The molecule has 0 spiro atoms. The summed E-state index contributed by atoms with van der Waals surface area (Å²) in [5.74, 6) is 0.367. The van der Waals surface area contributed by atoms with Crippen molar-refractivity contribution in [2.45, 2.75) is 19.8 Å². The zero-order chi connectivity index (χ0) is 11.5. The Kier molecular flexibility index (Phi) is 3.25. The van der Waals surface area contributed by atoms with Crippen LogP contribution < -0.4 is 11.1 Å². The van der Waals surface area contributed by atoms with Gasteiger partial charge in [0.2, 0.25) is 0 Å². The fraction of sp³-hybridized carbons (Fsp3) is 0.462. The molecule has 0 bridgehead atoms. The molecule has 0 amide bonds. The Labute approximate surface area is 96.6 Å². The summed E-state index contributed by atoms with van der Waals surface area (Å²) >= 11 is 0. The van der Waals surface area contributed by atoms with E-state index in [-0.39, 0.29) is 0 Å². The normalized spacial score (nSPS) is 17.3. The first-order chi connectivity index (χ1) is 7.68. The molecule has 3 heteroatoms. The Hall–Kier alpha value is -1.35. The molecule has 3 nitrogen and oxygen atoms in total. The first-order valence-corrected chi connectivity index (χ1v) is 5.84. The molecule has 1 aromatic rings. The van der Waals surface area contributed by atoms with Gasteiger partial charge in [-0.05, 0) is 44.5 Å². The summed E-state index contributed by atoms with van der Waals surface area (Å²) in [7, 11) is 0. The number of hydrogen-bond donors (Lipinski definition) is 3. The number of hydrogen-bond acceptors (Lipinski definition) is 3. The van der Waals surface area contributed by atoms with Gasteiger partial charge in [-0.15, -0.1) is 0 Å². The Morgan fingerprint density at radius 1 is 1.38 bits per heavy atom. The summed E-state index contributed by atoms with van der Waals surface area (Å²) in [5.41, 5.74) is 9.49. The number of benzene rings is 1. The molecular weight excluding hydrogens is 198 g/mol. The summed E-state index contributed by atoms with van der Waals surface area (Å²) in [5, 5.41) is 11.5. The topological polar surface area (TPSA) is 61.9 Å². The van der Waals surface area contributed by atoms with Crippen molar-refractivity contribution in [2.75, 3.05) is 18.8 Å². The Morgan fingerprint density at radius 3 is 2.69 bits per heavy atom. The van der Waals surface area contributed by atoms with E-state index in [2.05, 4.69) is 5.32 Å². The van der Waals surface area contributed by atoms with Crippen molar-refractivity contribution in [1.82, 2.24) is 5.32 Å². The van der Waals surface area contributed by atoms with Gasteiger partial charge in [0, 0.05) is 22.9 Å². The minimum absolute atomic E-state index is 0.367. The van der Waals surface area contributed by atoms with E-state index in [0.29, 0.717) is 11.6 Å². The predicted octanol–water partition coefficient (Wildman–Crippen LogP) is 1.94. The average Bonchev–Trinajstić information content (AvgIpc) is 2.29. The largest absolute Gasteiger partial charge is 0.398 e. The second-order valence-electron chi connectivity index (χ2n) is 4.53. The molecule has 0 saturated carbocycles. The summed E-state index contributed by atoms with van der Waals surface area (Å²) in [6, 6.07) is 5.96. The van der Waals surface area contributed by atoms with Gasteiger partial charge in [0.1, 0.15) is 0 Å².